The Kier molecular flexibility index (Phi) is 4.10. The normalized spacial score (nSPS) is 22.6. The first-order valence-electron chi connectivity index (χ1n) is 8.77. The van der Waals surface area contributed by atoms with Crippen molar-refractivity contribution in [2.24, 2.45) is 0 Å². The molecule has 1 aliphatic heterocycles. The van der Waals surface area contributed by atoms with Gasteiger partial charge in [0.25, 0.3) is 5.91 Å². The molecule has 2 heterocycles. The fraction of sp³-hybridized carbons (Fsp3) is 0.474. The van der Waals surface area contributed by atoms with Crippen molar-refractivity contribution < 1.29 is 9.53 Å². The number of rotatable bonds is 3. The molecule has 24 heavy (non-hydrogen) atoms. The molecule has 1 saturated heterocycles. The molecule has 0 bridgehead atoms. The molecule has 1 saturated carbocycles. The monoisotopic (exact) mass is 325 g/mol. The molecule has 1 aliphatic carbocycles. The van der Waals surface area contributed by atoms with Crippen molar-refractivity contribution in [2.75, 3.05) is 6.61 Å². The number of amides is 1. The highest BCUT2D eigenvalue weighted by Gasteiger charge is 2.41. The van der Waals surface area contributed by atoms with Crippen LogP contribution < -0.4 is 5.32 Å². The molecule has 0 radical (unpaired) electrons. The van der Waals surface area contributed by atoms with Gasteiger partial charge in [0.2, 0.25) is 0 Å². The van der Waals surface area contributed by atoms with Gasteiger partial charge in [0.1, 0.15) is 0 Å². The Morgan fingerprint density at radius 3 is 2.71 bits per heavy atom. The Labute approximate surface area is 142 Å². The van der Waals surface area contributed by atoms with Crippen LogP contribution in [0.5, 0.6) is 0 Å². The van der Waals surface area contributed by atoms with Crippen LogP contribution in [0, 0.1) is 0 Å². The SMILES string of the molecule is O=C(NC1COC2(CCCCC2)C1)c1ccc(-n2ccnc2)cc1. The minimum absolute atomic E-state index is 0.0198. The van der Waals surface area contributed by atoms with Crippen LogP contribution in [0.2, 0.25) is 0 Å². The van der Waals surface area contributed by atoms with E-state index in [0.717, 1.165) is 24.9 Å². The van der Waals surface area contributed by atoms with Gasteiger partial charge in [-0.3, -0.25) is 4.79 Å². The fourth-order valence-electron chi connectivity index (χ4n) is 3.95. The Morgan fingerprint density at radius 1 is 1.21 bits per heavy atom. The smallest absolute Gasteiger partial charge is 0.251 e. The van der Waals surface area contributed by atoms with Crippen molar-refractivity contribution in [2.45, 2.75) is 50.2 Å². The van der Waals surface area contributed by atoms with E-state index < -0.39 is 0 Å². The zero-order chi connectivity index (χ0) is 16.4. The molecule has 2 aromatic rings. The van der Waals surface area contributed by atoms with Crippen molar-refractivity contribution in [3.63, 3.8) is 0 Å². The standard InChI is InChI=1S/C19H23N3O2/c23-18(15-4-6-17(7-5-15)22-11-10-20-14-22)21-16-12-19(24-13-16)8-2-1-3-9-19/h4-7,10-11,14,16H,1-3,8-9,12-13H2,(H,21,23). The number of ether oxygens (including phenoxy) is 1. The van der Waals surface area contributed by atoms with E-state index in [1.807, 2.05) is 35.0 Å². The molecule has 1 N–H and O–H groups in total. The third-order valence-corrected chi connectivity index (χ3v) is 5.24. The molecule has 1 spiro atoms. The van der Waals surface area contributed by atoms with Crippen molar-refractivity contribution in [1.29, 1.82) is 0 Å². The summed E-state index contributed by atoms with van der Waals surface area (Å²) in [5, 5.41) is 3.14. The maximum Gasteiger partial charge on any atom is 0.251 e. The molecule has 1 aromatic carbocycles. The van der Waals surface area contributed by atoms with E-state index in [9.17, 15) is 4.79 Å². The Hall–Kier alpha value is -2.14. The third-order valence-electron chi connectivity index (χ3n) is 5.24. The number of carbonyl (C=O) groups is 1. The van der Waals surface area contributed by atoms with Gasteiger partial charge < -0.3 is 14.6 Å². The summed E-state index contributed by atoms with van der Waals surface area (Å²) in [4.78, 5) is 16.5. The molecule has 1 amide bonds. The first-order valence-corrected chi connectivity index (χ1v) is 8.77. The second-order valence-corrected chi connectivity index (χ2v) is 6.95. The summed E-state index contributed by atoms with van der Waals surface area (Å²) in [6.45, 7) is 0.638. The van der Waals surface area contributed by atoms with E-state index in [2.05, 4.69) is 10.3 Å². The lowest BCUT2D eigenvalue weighted by Crippen LogP contribution is -2.37. The summed E-state index contributed by atoms with van der Waals surface area (Å²) in [6, 6.07) is 7.71. The van der Waals surface area contributed by atoms with Crippen LogP contribution in [-0.4, -0.2) is 33.7 Å². The van der Waals surface area contributed by atoms with Crippen LogP contribution >= 0.6 is 0 Å². The van der Waals surface area contributed by atoms with Gasteiger partial charge in [-0.1, -0.05) is 19.3 Å². The Balaban J connectivity index is 1.38. The average molecular weight is 325 g/mol. The number of hydrogen-bond donors (Lipinski definition) is 1. The van der Waals surface area contributed by atoms with Gasteiger partial charge in [-0.15, -0.1) is 0 Å². The highest BCUT2D eigenvalue weighted by Crippen LogP contribution is 2.39. The predicted octanol–water partition coefficient (Wildman–Crippen LogP) is 3.09. The quantitative estimate of drug-likeness (QED) is 0.943. The van der Waals surface area contributed by atoms with Gasteiger partial charge in [0.05, 0.1) is 24.6 Å². The lowest BCUT2D eigenvalue weighted by molar-refractivity contribution is -0.0246. The van der Waals surface area contributed by atoms with Gasteiger partial charge in [-0.25, -0.2) is 4.98 Å². The molecule has 4 rings (SSSR count). The number of carbonyl (C=O) groups excluding carboxylic acids is 1. The van der Waals surface area contributed by atoms with Crippen molar-refractivity contribution >= 4 is 5.91 Å². The lowest BCUT2D eigenvalue weighted by atomic mass is 9.82. The van der Waals surface area contributed by atoms with Gasteiger partial charge in [-0.2, -0.15) is 0 Å². The van der Waals surface area contributed by atoms with Gasteiger partial charge in [0, 0.05) is 23.6 Å². The molecule has 2 aliphatic rings. The summed E-state index contributed by atoms with van der Waals surface area (Å²) in [5.41, 5.74) is 1.71. The second kappa shape index (κ2) is 6.40. The maximum atomic E-state index is 12.5. The van der Waals surface area contributed by atoms with Crippen molar-refractivity contribution in [3.05, 3.63) is 48.5 Å². The first kappa shape index (κ1) is 15.4. The summed E-state index contributed by atoms with van der Waals surface area (Å²) in [7, 11) is 0. The number of imidazole rings is 1. The van der Waals surface area contributed by atoms with E-state index in [1.54, 1.807) is 12.5 Å². The molecule has 126 valence electrons. The molecular weight excluding hydrogens is 302 g/mol. The molecule has 1 unspecified atom stereocenters. The number of nitrogens with one attached hydrogen (secondary N) is 1. The topological polar surface area (TPSA) is 56.1 Å². The van der Waals surface area contributed by atoms with E-state index in [4.69, 9.17) is 4.74 Å². The first-order chi connectivity index (χ1) is 11.7. The van der Waals surface area contributed by atoms with Crippen molar-refractivity contribution in [3.8, 4) is 5.69 Å². The highest BCUT2D eigenvalue weighted by atomic mass is 16.5. The maximum absolute atomic E-state index is 12.5. The summed E-state index contributed by atoms with van der Waals surface area (Å²) >= 11 is 0. The van der Waals surface area contributed by atoms with Gasteiger partial charge >= 0.3 is 0 Å². The zero-order valence-corrected chi connectivity index (χ0v) is 13.8. The summed E-state index contributed by atoms with van der Waals surface area (Å²) < 4.78 is 7.99. The number of hydrogen-bond acceptors (Lipinski definition) is 3. The van der Waals surface area contributed by atoms with Gasteiger partial charge in [0.15, 0.2) is 0 Å². The molecule has 2 fully saturated rings. The van der Waals surface area contributed by atoms with Crippen LogP contribution in [0.4, 0.5) is 0 Å². The Bertz CT molecular complexity index is 688. The highest BCUT2D eigenvalue weighted by molar-refractivity contribution is 5.94. The summed E-state index contributed by atoms with van der Waals surface area (Å²) in [6.07, 6.45) is 12.4. The predicted molar refractivity (Wildman–Crippen MR) is 91.2 cm³/mol. The zero-order valence-electron chi connectivity index (χ0n) is 13.8. The molecular formula is C19H23N3O2. The fourth-order valence-corrected chi connectivity index (χ4v) is 3.95. The molecule has 1 atom stereocenters. The third kappa shape index (κ3) is 3.08. The number of benzene rings is 1. The van der Waals surface area contributed by atoms with Crippen molar-refractivity contribution in [1.82, 2.24) is 14.9 Å². The molecule has 1 aromatic heterocycles. The van der Waals surface area contributed by atoms with Crippen LogP contribution in [0.1, 0.15) is 48.9 Å². The van der Waals surface area contributed by atoms with Crippen LogP contribution in [0.25, 0.3) is 5.69 Å². The average Bonchev–Trinajstić information content (AvgIpc) is 3.27. The number of nitrogens with zero attached hydrogens (tertiary/aromatic N) is 2. The largest absolute Gasteiger partial charge is 0.373 e. The van der Waals surface area contributed by atoms with Crippen LogP contribution in [0.3, 0.4) is 0 Å². The van der Waals surface area contributed by atoms with E-state index >= 15 is 0 Å². The Morgan fingerprint density at radius 2 is 2.00 bits per heavy atom. The van der Waals surface area contributed by atoms with Gasteiger partial charge in [-0.05, 0) is 43.5 Å². The second-order valence-electron chi connectivity index (χ2n) is 6.95. The minimum atomic E-state index is -0.0198. The van der Waals surface area contributed by atoms with E-state index in [0.29, 0.717) is 12.2 Å². The van der Waals surface area contributed by atoms with E-state index in [-0.39, 0.29) is 17.6 Å². The lowest BCUT2D eigenvalue weighted by Gasteiger charge is -2.32. The van der Waals surface area contributed by atoms with Crippen LogP contribution in [-0.2, 0) is 4.74 Å². The molecule has 5 nitrogen and oxygen atoms in total. The van der Waals surface area contributed by atoms with Crippen LogP contribution in [0.15, 0.2) is 43.0 Å². The summed E-state index contributed by atoms with van der Waals surface area (Å²) in [5.74, 6) is -0.0198. The van der Waals surface area contributed by atoms with E-state index in [1.165, 1.54) is 19.3 Å². The number of aromatic nitrogens is 2. The molecule has 5 heteroatoms. The minimum Gasteiger partial charge on any atom is -0.373 e.